The van der Waals surface area contributed by atoms with E-state index >= 15 is 0 Å². The highest BCUT2D eigenvalue weighted by atomic mass is 32.2. The molecule has 1 amide bonds. The van der Waals surface area contributed by atoms with Crippen LogP contribution in [0.3, 0.4) is 0 Å². The highest BCUT2D eigenvalue weighted by Gasteiger charge is 2.25. The highest BCUT2D eigenvalue weighted by Crippen LogP contribution is 2.22. The summed E-state index contributed by atoms with van der Waals surface area (Å²) >= 11 is 0. The molecule has 1 aliphatic heterocycles. The zero-order valence-electron chi connectivity index (χ0n) is 14.2. The average Bonchev–Trinajstić information content (AvgIpc) is 2.63. The Balaban J connectivity index is 1.73. The van der Waals surface area contributed by atoms with Crippen LogP contribution in [0.25, 0.3) is 0 Å². The van der Waals surface area contributed by atoms with Crippen LogP contribution in [0, 0.1) is 6.92 Å². The van der Waals surface area contributed by atoms with Crippen LogP contribution in [0.1, 0.15) is 35.2 Å². The highest BCUT2D eigenvalue weighted by molar-refractivity contribution is 7.89. The summed E-state index contributed by atoms with van der Waals surface area (Å²) in [6.45, 7) is 3.08. The molecule has 132 valence electrons. The number of nitrogens with one attached hydrogen (secondary N) is 1. The summed E-state index contributed by atoms with van der Waals surface area (Å²) in [6, 6.07) is 13.7. The molecule has 0 aromatic heterocycles. The number of hydrogen-bond acceptors (Lipinski definition) is 3. The molecule has 1 saturated heterocycles. The Bertz CT molecular complexity index is 854. The zero-order valence-corrected chi connectivity index (χ0v) is 15.1. The summed E-state index contributed by atoms with van der Waals surface area (Å²) < 4.78 is 26.8. The monoisotopic (exact) mass is 358 g/mol. The first-order valence-corrected chi connectivity index (χ1v) is 9.89. The maximum Gasteiger partial charge on any atom is 0.255 e. The Morgan fingerprint density at radius 2 is 1.68 bits per heavy atom. The number of carbonyl (C=O) groups excluding carboxylic acids is 1. The summed E-state index contributed by atoms with van der Waals surface area (Å²) in [5.41, 5.74) is 2.16. The normalized spacial score (nSPS) is 15.7. The molecule has 0 saturated carbocycles. The van der Waals surface area contributed by atoms with Crippen molar-refractivity contribution in [3.63, 3.8) is 0 Å². The first-order chi connectivity index (χ1) is 12.0. The van der Waals surface area contributed by atoms with Crippen molar-refractivity contribution in [2.45, 2.75) is 31.1 Å². The van der Waals surface area contributed by atoms with Crippen LogP contribution in [0.2, 0.25) is 0 Å². The first-order valence-electron chi connectivity index (χ1n) is 8.45. The van der Waals surface area contributed by atoms with Crippen molar-refractivity contribution < 1.29 is 13.2 Å². The molecule has 1 heterocycles. The van der Waals surface area contributed by atoms with E-state index in [1.807, 2.05) is 25.1 Å². The maximum absolute atomic E-state index is 12.6. The maximum atomic E-state index is 12.6. The fourth-order valence-electron chi connectivity index (χ4n) is 2.95. The van der Waals surface area contributed by atoms with Crippen molar-refractivity contribution in [3.05, 3.63) is 59.7 Å². The minimum atomic E-state index is -3.44. The number of rotatable bonds is 4. The van der Waals surface area contributed by atoms with Gasteiger partial charge in [0.15, 0.2) is 0 Å². The van der Waals surface area contributed by atoms with Crippen molar-refractivity contribution >= 4 is 21.6 Å². The minimum Gasteiger partial charge on any atom is -0.322 e. The van der Waals surface area contributed by atoms with Gasteiger partial charge in [-0.15, -0.1) is 0 Å². The van der Waals surface area contributed by atoms with E-state index in [1.54, 1.807) is 30.3 Å². The van der Waals surface area contributed by atoms with Crippen LogP contribution in [0.15, 0.2) is 53.4 Å². The lowest BCUT2D eigenvalue weighted by Crippen LogP contribution is -2.35. The lowest BCUT2D eigenvalue weighted by Gasteiger charge is -2.25. The van der Waals surface area contributed by atoms with Gasteiger partial charge in [-0.1, -0.05) is 24.1 Å². The van der Waals surface area contributed by atoms with Gasteiger partial charge in [0.1, 0.15) is 0 Å². The van der Waals surface area contributed by atoms with Gasteiger partial charge in [-0.3, -0.25) is 4.79 Å². The number of sulfonamides is 1. The van der Waals surface area contributed by atoms with Gasteiger partial charge in [-0.25, -0.2) is 8.42 Å². The third-order valence-corrected chi connectivity index (χ3v) is 6.26. The van der Waals surface area contributed by atoms with Crippen LogP contribution in [0.4, 0.5) is 5.69 Å². The summed E-state index contributed by atoms with van der Waals surface area (Å²) in [5, 5.41) is 2.80. The second-order valence-corrected chi connectivity index (χ2v) is 8.25. The number of benzene rings is 2. The van der Waals surface area contributed by atoms with Gasteiger partial charge in [0.2, 0.25) is 10.0 Å². The Hall–Kier alpha value is -2.18. The molecule has 2 aromatic rings. The lowest BCUT2D eigenvalue weighted by molar-refractivity contribution is 0.102. The van der Waals surface area contributed by atoms with Gasteiger partial charge >= 0.3 is 0 Å². The van der Waals surface area contributed by atoms with Crippen molar-refractivity contribution in [2.75, 3.05) is 18.4 Å². The lowest BCUT2D eigenvalue weighted by atomic mass is 10.1. The standard InChI is InChI=1S/C19H22N2O3S/c1-15-6-5-7-16(14-15)19(22)20-17-8-10-18(11-9-17)25(23,24)21-12-3-2-4-13-21/h5-11,14H,2-4,12-13H2,1H3,(H,20,22). The van der Waals surface area contributed by atoms with Gasteiger partial charge in [0.25, 0.3) is 5.91 Å². The Labute approximate surface area is 148 Å². The number of piperidine rings is 1. The summed E-state index contributed by atoms with van der Waals surface area (Å²) in [5.74, 6) is -0.213. The average molecular weight is 358 g/mol. The molecule has 5 nitrogen and oxygen atoms in total. The van der Waals surface area contributed by atoms with Gasteiger partial charge in [0, 0.05) is 24.3 Å². The van der Waals surface area contributed by atoms with Crippen LogP contribution < -0.4 is 5.32 Å². The van der Waals surface area contributed by atoms with Crippen molar-refractivity contribution in [1.82, 2.24) is 4.31 Å². The van der Waals surface area contributed by atoms with Gasteiger partial charge in [0.05, 0.1) is 4.90 Å². The Morgan fingerprint density at radius 3 is 2.32 bits per heavy atom. The summed E-state index contributed by atoms with van der Waals surface area (Å²) in [4.78, 5) is 12.5. The van der Waals surface area contributed by atoms with E-state index in [9.17, 15) is 13.2 Å². The minimum absolute atomic E-state index is 0.213. The molecule has 0 bridgehead atoms. The molecule has 3 rings (SSSR count). The molecule has 0 spiro atoms. The molecular weight excluding hydrogens is 336 g/mol. The molecule has 0 radical (unpaired) electrons. The number of anilines is 1. The first kappa shape index (κ1) is 17.6. The molecule has 1 fully saturated rings. The van der Waals surface area contributed by atoms with Crippen molar-refractivity contribution in [2.24, 2.45) is 0 Å². The van der Waals surface area contributed by atoms with Crippen LogP contribution in [-0.2, 0) is 10.0 Å². The van der Waals surface area contributed by atoms with Gasteiger partial charge < -0.3 is 5.32 Å². The fourth-order valence-corrected chi connectivity index (χ4v) is 4.47. The van der Waals surface area contributed by atoms with E-state index in [1.165, 1.54) is 4.31 Å². The number of hydrogen-bond donors (Lipinski definition) is 1. The number of carbonyl (C=O) groups is 1. The quantitative estimate of drug-likeness (QED) is 0.911. The molecule has 0 atom stereocenters. The van der Waals surface area contributed by atoms with Gasteiger partial charge in [-0.05, 0) is 56.2 Å². The SMILES string of the molecule is Cc1cccc(C(=O)Nc2ccc(S(=O)(=O)N3CCCCC3)cc2)c1. The van der Waals surface area contributed by atoms with E-state index in [0.717, 1.165) is 24.8 Å². The molecule has 1 N–H and O–H groups in total. The predicted molar refractivity (Wildman–Crippen MR) is 98.2 cm³/mol. The number of aryl methyl sites for hydroxylation is 1. The predicted octanol–water partition coefficient (Wildman–Crippen LogP) is 3.42. The molecule has 25 heavy (non-hydrogen) atoms. The van der Waals surface area contributed by atoms with E-state index in [2.05, 4.69) is 5.32 Å². The van der Waals surface area contributed by atoms with Crippen LogP contribution >= 0.6 is 0 Å². The molecule has 1 aliphatic rings. The van der Waals surface area contributed by atoms with Gasteiger partial charge in [-0.2, -0.15) is 4.31 Å². The zero-order chi connectivity index (χ0) is 17.9. The molecule has 2 aromatic carbocycles. The third-order valence-electron chi connectivity index (χ3n) is 4.35. The van der Waals surface area contributed by atoms with E-state index in [-0.39, 0.29) is 10.8 Å². The largest absolute Gasteiger partial charge is 0.322 e. The van der Waals surface area contributed by atoms with Crippen molar-refractivity contribution in [3.8, 4) is 0 Å². The molecular formula is C19H22N2O3S. The second-order valence-electron chi connectivity index (χ2n) is 6.31. The third kappa shape index (κ3) is 4.08. The topological polar surface area (TPSA) is 66.5 Å². The molecule has 0 unspecified atom stereocenters. The summed E-state index contributed by atoms with van der Waals surface area (Å²) in [6.07, 6.45) is 2.89. The smallest absolute Gasteiger partial charge is 0.255 e. The fraction of sp³-hybridized carbons (Fsp3) is 0.316. The van der Waals surface area contributed by atoms with Crippen LogP contribution in [0.5, 0.6) is 0 Å². The molecule has 6 heteroatoms. The van der Waals surface area contributed by atoms with Crippen LogP contribution in [-0.4, -0.2) is 31.7 Å². The van der Waals surface area contributed by atoms with E-state index in [4.69, 9.17) is 0 Å². The number of nitrogens with zero attached hydrogens (tertiary/aromatic N) is 1. The second kappa shape index (κ2) is 7.37. The van der Waals surface area contributed by atoms with Crippen molar-refractivity contribution in [1.29, 1.82) is 0 Å². The van der Waals surface area contributed by atoms with E-state index < -0.39 is 10.0 Å². The Kier molecular flexibility index (Phi) is 5.20. The number of amides is 1. The van der Waals surface area contributed by atoms with E-state index in [0.29, 0.717) is 24.3 Å². The summed E-state index contributed by atoms with van der Waals surface area (Å²) in [7, 11) is -3.44. The Morgan fingerprint density at radius 1 is 1.00 bits per heavy atom. The molecule has 0 aliphatic carbocycles.